The van der Waals surface area contributed by atoms with Gasteiger partial charge in [0.05, 0.1) is 13.0 Å². The van der Waals surface area contributed by atoms with Gasteiger partial charge in [-0.2, -0.15) is 0 Å². The van der Waals surface area contributed by atoms with Crippen LogP contribution in [0.25, 0.3) is 0 Å². The minimum atomic E-state index is 0.203. The minimum absolute atomic E-state index is 0.203. The van der Waals surface area contributed by atoms with Crippen LogP contribution in [0.4, 0.5) is 5.69 Å². The van der Waals surface area contributed by atoms with Crippen LogP contribution in [0.3, 0.4) is 0 Å². The lowest BCUT2D eigenvalue weighted by Crippen LogP contribution is -2.32. The average Bonchev–Trinajstić information content (AvgIpc) is 2.94. The molecule has 0 spiro atoms. The van der Waals surface area contributed by atoms with Crippen molar-refractivity contribution in [2.24, 2.45) is 5.41 Å². The van der Waals surface area contributed by atoms with Crippen molar-refractivity contribution in [1.82, 2.24) is 4.90 Å². The van der Waals surface area contributed by atoms with E-state index in [1.54, 1.807) is 12.1 Å². The number of rotatable bonds is 6. The molecule has 0 saturated carbocycles. The molecule has 2 rings (SSSR count). The Hall–Kier alpha value is -1.71. The fraction of sp³-hybridized carbons (Fsp3) is 0.588. The number of likely N-dealkylation sites (tertiary alicyclic amines) is 1. The van der Waals surface area contributed by atoms with Crippen LogP contribution in [0.15, 0.2) is 24.3 Å². The highest BCUT2D eigenvalue weighted by Crippen LogP contribution is 2.37. The van der Waals surface area contributed by atoms with E-state index in [0.29, 0.717) is 24.1 Å². The predicted molar refractivity (Wildman–Crippen MR) is 85.2 cm³/mol. The van der Waals surface area contributed by atoms with Crippen molar-refractivity contribution in [3.8, 4) is 5.75 Å². The van der Waals surface area contributed by atoms with Crippen molar-refractivity contribution >= 4 is 11.6 Å². The Balaban J connectivity index is 1.76. The van der Waals surface area contributed by atoms with Gasteiger partial charge in [-0.15, -0.1) is 0 Å². The van der Waals surface area contributed by atoms with Gasteiger partial charge in [0.2, 0.25) is 5.91 Å². The number of nitrogen functional groups attached to an aromatic ring is 1. The lowest BCUT2D eigenvalue weighted by atomic mass is 9.82. The van der Waals surface area contributed by atoms with E-state index >= 15 is 0 Å². The van der Waals surface area contributed by atoms with Gasteiger partial charge >= 0.3 is 0 Å². The van der Waals surface area contributed by atoms with Crippen molar-refractivity contribution < 1.29 is 9.53 Å². The first-order chi connectivity index (χ1) is 10.1. The summed E-state index contributed by atoms with van der Waals surface area (Å²) in [7, 11) is 0. The van der Waals surface area contributed by atoms with Crippen LogP contribution in [-0.2, 0) is 4.79 Å². The van der Waals surface area contributed by atoms with Crippen LogP contribution in [0, 0.1) is 5.41 Å². The van der Waals surface area contributed by atoms with Crippen LogP contribution >= 0.6 is 0 Å². The monoisotopic (exact) mass is 290 g/mol. The molecule has 1 aromatic carbocycles. The first kappa shape index (κ1) is 15.7. The SMILES string of the molecule is CCC1(CC)CCN(C(=O)CCOc2ccc(N)cc2)C1. The van der Waals surface area contributed by atoms with E-state index in [-0.39, 0.29) is 5.91 Å². The molecule has 1 aliphatic rings. The van der Waals surface area contributed by atoms with Gasteiger partial charge in [0.15, 0.2) is 0 Å². The van der Waals surface area contributed by atoms with Crippen LogP contribution in [0.2, 0.25) is 0 Å². The highest BCUT2D eigenvalue weighted by atomic mass is 16.5. The molecule has 0 unspecified atom stereocenters. The third-order valence-corrected chi connectivity index (χ3v) is 4.76. The van der Waals surface area contributed by atoms with E-state index in [1.165, 1.54) is 0 Å². The second-order valence-electron chi connectivity index (χ2n) is 5.94. The summed E-state index contributed by atoms with van der Waals surface area (Å²) < 4.78 is 5.59. The highest BCUT2D eigenvalue weighted by molar-refractivity contribution is 5.76. The molecule has 4 heteroatoms. The maximum absolute atomic E-state index is 12.2. The summed E-state index contributed by atoms with van der Waals surface area (Å²) in [5, 5.41) is 0. The number of benzene rings is 1. The van der Waals surface area contributed by atoms with Gasteiger partial charge < -0.3 is 15.4 Å². The van der Waals surface area contributed by atoms with Gasteiger partial charge in [-0.25, -0.2) is 0 Å². The van der Waals surface area contributed by atoms with Gasteiger partial charge in [0.25, 0.3) is 0 Å². The van der Waals surface area contributed by atoms with Gasteiger partial charge in [-0.1, -0.05) is 13.8 Å². The lowest BCUT2D eigenvalue weighted by molar-refractivity contribution is -0.131. The van der Waals surface area contributed by atoms with E-state index in [2.05, 4.69) is 13.8 Å². The molecule has 1 saturated heterocycles. The molecule has 0 atom stereocenters. The van der Waals surface area contributed by atoms with Gasteiger partial charge in [-0.05, 0) is 48.9 Å². The smallest absolute Gasteiger partial charge is 0.226 e. The third-order valence-electron chi connectivity index (χ3n) is 4.76. The Bertz CT molecular complexity index is 466. The maximum atomic E-state index is 12.2. The van der Waals surface area contributed by atoms with E-state index < -0.39 is 0 Å². The van der Waals surface area contributed by atoms with Crippen molar-refractivity contribution in [2.45, 2.75) is 39.5 Å². The van der Waals surface area contributed by atoms with Crippen molar-refractivity contribution in [1.29, 1.82) is 0 Å². The molecule has 0 aliphatic carbocycles. The number of carbonyl (C=O) groups excluding carboxylic acids is 1. The summed E-state index contributed by atoms with van der Waals surface area (Å²) in [6.07, 6.45) is 3.86. The topological polar surface area (TPSA) is 55.6 Å². The third kappa shape index (κ3) is 3.90. The Morgan fingerprint density at radius 2 is 1.95 bits per heavy atom. The fourth-order valence-corrected chi connectivity index (χ4v) is 2.95. The summed E-state index contributed by atoms with van der Waals surface area (Å²) >= 11 is 0. The number of carbonyl (C=O) groups is 1. The largest absolute Gasteiger partial charge is 0.493 e. The molecule has 0 aromatic heterocycles. The van der Waals surface area contributed by atoms with Crippen LogP contribution in [-0.4, -0.2) is 30.5 Å². The second-order valence-corrected chi connectivity index (χ2v) is 5.94. The molecule has 21 heavy (non-hydrogen) atoms. The van der Waals surface area contributed by atoms with Crippen molar-refractivity contribution in [3.05, 3.63) is 24.3 Å². The molecular weight excluding hydrogens is 264 g/mol. The molecule has 1 aromatic rings. The van der Waals surface area contributed by atoms with E-state index in [0.717, 1.165) is 38.1 Å². The van der Waals surface area contributed by atoms with E-state index in [4.69, 9.17) is 10.5 Å². The predicted octanol–water partition coefficient (Wildman–Crippen LogP) is 3.08. The van der Waals surface area contributed by atoms with Gasteiger partial charge in [0.1, 0.15) is 5.75 Å². The van der Waals surface area contributed by atoms with E-state index in [9.17, 15) is 4.79 Å². The zero-order valence-electron chi connectivity index (χ0n) is 13.1. The molecular formula is C17H26N2O2. The van der Waals surface area contributed by atoms with Crippen LogP contribution in [0.1, 0.15) is 39.5 Å². The zero-order chi connectivity index (χ0) is 15.3. The molecule has 1 aliphatic heterocycles. The van der Waals surface area contributed by atoms with E-state index in [1.807, 2.05) is 17.0 Å². The Kier molecular flexibility index (Phi) is 5.10. The van der Waals surface area contributed by atoms with Crippen molar-refractivity contribution in [2.75, 3.05) is 25.4 Å². The summed E-state index contributed by atoms with van der Waals surface area (Å²) in [5.74, 6) is 0.962. The Labute approximate surface area is 127 Å². The standard InChI is InChI=1S/C17H26N2O2/c1-3-17(4-2)10-11-19(13-17)16(20)9-12-21-15-7-5-14(18)6-8-15/h5-8H,3-4,9-13,18H2,1-2H3. The molecule has 1 amide bonds. The normalized spacial score (nSPS) is 17.0. The number of anilines is 1. The fourth-order valence-electron chi connectivity index (χ4n) is 2.95. The molecule has 2 N–H and O–H groups in total. The first-order valence-electron chi connectivity index (χ1n) is 7.85. The van der Waals surface area contributed by atoms with Gasteiger partial charge in [-0.3, -0.25) is 4.79 Å². The molecule has 1 fully saturated rings. The number of nitrogens with zero attached hydrogens (tertiary/aromatic N) is 1. The molecule has 116 valence electrons. The lowest BCUT2D eigenvalue weighted by Gasteiger charge is -2.26. The zero-order valence-corrected chi connectivity index (χ0v) is 13.1. The Morgan fingerprint density at radius 1 is 1.29 bits per heavy atom. The molecule has 1 heterocycles. The van der Waals surface area contributed by atoms with Crippen molar-refractivity contribution in [3.63, 3.8) is 0 Å². The van der Waals surface area contributed by atoms with Crippen LogP contribution < -0.4 is 10.5 Å². The minimum Gasteiger partial charge on any atom is -0.493 e. The first-order valence-corrected chi connectivity index (χ1v) is 7.85. The molecule has 4 nitrogen and oxygen atoms in total. The molecule has 0 radical (unpaired) electrons. The Morgan fingerprint density at radius 3 is 2.52 bits per heavy atom. The summed E-state index contributed by atoms with van der Waals surface area (Å²) in [6, 6.07) is 7.26. The number of nitrogens with two attached hydrogens (primary N) is 1. The van der Waals surface area contributed by atoms with Crippen LogP contribution in [0.5, 0.6) is 5.75 Å². The molecule has 0 bridgehead atoms. The summed E-state index contributed by atoms with van der Waals surface area (Å²) in [6.45, 7) is 6.66. The second kappa shape index (κ2) is 6.83. The maximum Gasteiger partial charge on any atom is 0.226 e. The average molecular weight is 290 g/mol. The number of ether oxygens (including phenoxy) is 1. The summed E-state index contributed by atoms with van der Waals surface area (Å²) in [4.78, 5) is 14.2. The number of hydrogen-bond donors (Lipinski definition) is 1. The number of hydrogen-bond acceptors (Lipinski definition) is 3. The summed E-state index contributed by atoms with van der Waals surface area (Å²) in [5.41, 5.74) is 6.68. The quantitative estimate of drug-likeness (QED) is 0.819. The highest BCUT2D eigenvalue weighted by Gasteiger charge is 2.36. The van der Waals surface area contributed by atoms with Gasteiger partial charge in [0, 0.05) is 18.8 Å². The number of amides is 1.